The van der Waals surface area contributed by atoms with Crippen LogP contribution >= 0.6 is 11.8 Å². The molecule has 10 heteroatoms. The molecular formula is C26H25N3O5S2. The van der Waals surface area contributed by atoms with E-state index in [-0.39, 0.29) is 35.2 Å². The highest BCUT2D eigenvalue weighted by atomic mass is 32.2. The molecule has 4 rings (SSSR count). The molecule has 1 saturated heterocycles. The second kappa shape index (κ2) is 11.4. The molecule has 186 valence electrons. The van der Waals surface area contributed by atoms with Gasteiger partial charge in [-0.1, -0.05) is 42.1 Å². The molecular weight excluding hydrogens is 498 g/mol. The molecule has 8 nitrogen and oxygen atoms in total. The fourth-order valence-corrected chi connectivity index (χ4v) is 5.73. The van der Waals surface area contributed by atoms with Crippen molar-refractivity contribution in [2.24, 2.45) is 0 Å². The predicted octanol–water partition coefficient (Wildman–Crippen LogP) is 3.56. The fourth-order valence-electron chi connectivity index (χ4n) is 3.67. The smallest absolute Gasteiger partial charge is 0.261 e. The van der Waals surface area contributed by atoms with E-state index < -0.39 is 15.9 Å². The largest absolute Gasteiger partial charge is 0.343 e. The molecule has 0 aromatic heterocycles. The minimum atomic E-state index is -3.90. The van der Waals surface area contributed by atoms with Crippen LogP contribution in [-0.4, -0.2) is 50.5 Å². The van der Waals surface area contributed by atoms with Crippen LogP contribution in [-0.2, 0) is 19.6 Å². The Kier molecular flexibility index (Phi) is 8.07. The summed E-state index contributed by atoms with van der Waals surface area (Å²) in [6, 6.07) is 22.2. The molecule has 3 aromatic rings. The van der Waals surface area contributed by atoms with Crippen LogP contribution in [0.25, 0.3) is 0 Å². The second-order valence-corrected chi connectivity index (χ2v) is 11.0. The maximum Gasteiger partial charge on any atom is 0.261 e. The molecule has 0 unspecified atom stereocenters. The summed E-state index contributed by atoms with van der Waals surface area (Å²) in [5.41, 5.74) is 0.666. The number of carbonyl (C=O) groups is 3. The number of likely N-dealkylation sites (tertiary alicyclic amines) is 1. The average molecular weight is 524 g/mol. The third-order valence-electron chi connectivity index (χ3n) is 5.53. The molecule has 0 radical (unpaired) electrons. The lowest BCUT2D eigenvalue weighted by molar-refractivity contribution is -0.136. The van der Waals surface area contributed by atoms with Crippen LogP contribution in [0, 0.1) is 0 Å². The van der Waals surface area contributed by atoms with Crippen LogP contribution in [0.3, 0.4) is 0 Å². The highest BCUT2D eigenvalue weighted by Crippen LogP contribution is 2.34. The maximum atomic E-state index is 13.0. The van der Waals surface area contributed by atoms with Crippen LogP contribution in [0.5, 0.6) is 0 Å². The van der Waals surface area contributed by atoms with Gasteiger partial charge in [-0.3, -0.25) is 19.1 Å². The van der Waals surface area contributed by atoms with E-state index in [4.69, 9.17) is 0 Å². The average Bonchev–Trinajstić information content (AvgIpc) is 2.89. The van der Waals surface area contributed by atoms with Gasteiger partial charge in [-0.15, -0.1) is 0 Å². The number of piperidine rings is 1. The van der Waals surface area contributed by atoms with E-state index in [2.05, 4.69) is 10.0 Å². The van der Waals surface area contributed by atoms with Crippen molar-refractivity contribution in [1.82, 2.24) is 10.2 Å². The lowest BCUT2D eigenvalue weighted by Gasteiger charge is -2.25. The van der Waals surface area contributed by atoms with E-state index in [0.717, 1.165) is 9.79 Å². The van der Waals surface area contributed by atoms with Gasteiger partial charge in [-0.2, -0.15) is 0 Å². The van der Waals surface area contributed by atoms with Crippen molar-refractivity contribution in [1.29, 1.82) is 0 Å². The molecule has 0 atom stereocenters. The van der Waals surface area contributed by atoms with Crippen LogP contribution in [0.4, 0.5) is 5.69 Å². The zero-order chi connectivity index (χ0) is 25.5. The number of rotatable bonds is 8. The topological polar surface area (TPSA) is 113 Å². The highest BCUT2D eigenvalue weighted by molar-refractivity contribution is 7.99. The summed E-state index contributed by atoms with van der Waals surface area (Å²) in [7, 11) is -3.90. The monoisotopic (exact) mass is 523 g/mol. The summed E-state index contributed by atoms with van der Waals surface area (Å²) < 4.78 is 28.6. The SMILES string of the molecule is O=C1CCCN(C(=O)CNC(=O)c2ccc(S(=O)(=O)Nc3ccccc3Sc3ccccc3)cc2)C1. The minimum Gasteiger partial charge on any atom is -0.343 e. The Bertz CT molecular complexity index is 1360. The number of hydrogen-bond acceptors (Lipinski definition) is 6. The Labute approximate surface area is 214 Å². The van der Waals surface area contributed by atoms with Crippen molar-refractivity contribution in [3.05, 3.63) is 84.4 Å². The normalized spacial score (nSPS) is 13.8. The van der Waals surface area contributed by atoms with Gasteiger partial charge in [0.15, 0.2) is 5.78 Å². The van der Waals surface area contributed by atoms with Crippen LogP contribution < -0.4 is 10.0 Å². The predicted molar refractivity (Wildman–Crippen MR) is 137 cm³/mol. The van der Waals surface area contributed by atoms with Gasteiger partial charge in [-0.25, -0.2) is 8.42 Å². The number of carbonyl (C=O) groups excluding carboxylic acids is 3. The molecule has 1 fully saturated rings. The van der Waals surface area contributed by atoms with E-state index in [0.29, 0.717) is 25.1 Å². The first kappa shape index (κ1) is 25.5. The highest BCUT2D eigenvalue weighted by Gasteiger charge is 2.22. The second-order valence-electron chi connectivity index (χ2n) is 8.18. The molecule has 3 aromatic carbocycles. The number of amides is 2. The Morgan fingerprint density at radius 2 is 1.61 bits per heavy atom. The number of sulfonamides is 1. The zero-order valence-electron chi connectivity index (χ0n) is 19.3. The first-order chi connectivity index (χ1) is 17.3. The van der Waals surface area contributed by atoms with Gasteiger partial charge < -0.3 is 10.2 Å². The zero-order valence-corrected chi connectivity index (χ0v) is 21.0. The lowest BCUT2D eigenvalue weighted by Crippen LogP contribution is -2.45. The number of ketones is 1. The Balaban J connectivity index is 1.39. The third kappa shape index (κ3) is 6.52. The number of anilines is 1. The molecule has 36 heavy (non-hydrogen) atoms. The first-order valence-electron chi connectivity index (χ1n) is 11.3. The standard InChI is InChI=1S/C26H25N3O5S2/c30-20-7-6-16-29(18-20)25(31)17-27-26(32)19-12-14-22(15-13-19)36(33,34)28-23-10-4-5-11-24(23)35-21-8-2-1-3-9-21/h1-5,8-15,28H,6-7,16-18H2,(H,27,32). The molecule has 1 aliphatic rings. The molecule has 1 aliphatic heterocycles. The molecule has 0 bridgehead atoms. The summed E-state index contributed by atoms with van der Waals surface area (Å²) >= 11 is 1.45. The molecule has 1 heterocycles. The molecule has 2 N–H and O–H groups in total. The van der Waals surface area contributed by atoms with Crippen molar-refractivity contribution in [3.8, 4) is 0 Å². The van der Waals surface area contributed by atoms with E-state index >= 15 is 0 Å². The van der Waals surface area contributed by atoms with Crippen molar-refractivity contribution in [2.75, 3.05) is 24.4 Å². The number of benzene rings is 3. The van der Waals surface area contributed by atoms with Crippen LogP contribution in [0.1, 0.15) is 23.2 Å². The summed E-state index contributed by atoms with van der Waals surface area (Å²) in [6.45, 7) is 0.331. The number of Topliss-reactive ketones (excluding diaryl/α,β-unsaturated/α-hetero) is 1. The maximum absolute atomic E-state index is 13.0. The van der Waals surface area contributed by atoms with Gasteiger partial charge in [0.2, 0.25) is 5.91 Å². The number of hydrogen-bond donors (Lipinski definition) is 2. The van der Waals surface area contributed by atoms with E-state index in [1.54, 1.807) is 12.1 Å². The number of para-hydroxylation sites is 1. The third-order valence-corrected chi connectivity index (χ3v) is 8.00. The van der Waals surface area contributed by atoms with E-state index in [1.807, 2.05) is 42.5 Å². The molecule has 2 amide bonds. The number of nitrogens with one attached hydrogen (secondary N) is 2. The van der Waals surface area contributed by atoms with Gasteiger partial charge in [0.05, 0.1) is 23.7 Å². The fraction of sp³-hybridized carbons (Fsp3) is 0.192. The van der Waals surface area contributed by atoms with Crippen LogP contribution in [0.15, 0.2) is 93.5 Å². The van der Waals surface area contributed by atoms with Gasteiger partial charge in [0, 0.05) is 28.3 Å². The van der Waals surface area contributed by atoms with Crippen molar-refractivity contribution in [3.63, 3.8) is 0 Å². The van der Waals surface area contributed by atoms with Gasteiger partial charge in [0.1, 0.15) is 0 Å². The van der Waals surface area contributed by atoms with Crippen molar-refractivity contribution < 1.29 is 22.8 Å². The lowest BCUT2D eigenvalue weighted by atomic mass is 10.1. The van der Waals surface area contributed by atoms with Crippen molar-refractivity contribution in [2.45, 2.75) is 27.5 Å². The minimum absolute atomic E-state index is 0.00136. The summed E-state index contributed by atoms with van der Waals surface area (Å²) in [5, 5.41) is 2.53. The van der Waals surface area contributed by atoms with Gasteiger partial charge >= 0.3 is 0 Å². The first-order valence-corrected chi connectivity index (χ1v) is 13.6. The van der Waals surface area contributed by atoms with Gasteiger partial charge in [0.25, 0.3) is 15.9 Å². The Morgan fingerprint density at radius 3 is 2.33 bits per heavy atom. The van der Waals surface area contributed by atoms with Gasteiger partial charge in [-0.05, 0) is 55.0 Å². The Morgan fingerprint density at radius 1 is 0.917 bits per heavy atom. The number of nitrogens with zero attached hydrogens (tertiary/aromatic N) is 1. The molecule has 0 saturated carbocycles. The summed E-state index contributed by atoms with van der Waals surface area (Å²) in [5.74, 6) is -0.826. The van der Waals surface area contributed by atoms with Crippen LogP contribution in [0.2, 0.25) is 0 Å². The summed E-state index contributed by atoms with van der Waals surface area (Å²) in [4.78, 5) is 39.4. The molecule has 0 aliphatic carbocycles. The van der Waals surface area contributed by atoms with E-state index in [9.17, 15) is 22.8 Å². The Hall–Kier alpha value is -3.63. The molecule has 0 spiro atoms. The quantitative estimate of drug-likeness (QED) is 0.467. The summed E-state index contributed by atoms with van der Waals surface area (Å²) in [6.07, 6.45) is 1.09. The van der Waals surface area contributed by atoms with E-state index in [1.165, 1.54) is 40.9 Å². The van der Waals surface area contributed by atoms with Crippen molar-refractivity contribution >= 4 is 45.1 Å².